The van der Waals surface area contributed by atoms with Crippen LogP contribution >= 0.6 is 11.3 Å². The highest BCUT2D eigenvalue weighted by atomic mass is 32.1. The molecule has 0 aliphatic carbocycles. The molecule has 1 unspecified atom stereocenters. The fourth-order valence-corrected chi connectivity index (χ4v) is 2.62. The minimum atomic E-state index is -0.0679. The molecule has 0 aliphatic heterocycles. The molecule has 0 fully saturated rings. The number of ether oxygens (including phenoxy) is 1. The number of aryl methyl sites for hydroxylation is 1. The standard InChI is InChI=1S/C14H15N5O2S/c1-8(20-3)13-17-18-14(22-13)16-11-6-4-5-10(7-11)12-15-9(2)21-19-12/h4-8H,1-3H3,(H,16,18). The smallest absolute Gasteiger partial charge is 0.223 e. The number of hydrogen-bond acceptors (Lipinski definition) is 8. The van der Waals surface area contributed by atoms with Crippen LogP contribution in [0.4, 0.5) is 10.8 Å². The van der Waals surface area contributed by atoms with Crippen LogP contribution in [0.15, 0.2) is 28.8 Å². The minimum Gasteiger partial charge on any atom is -0.374 e. The van der Waals surface area contributed by atoms with Gasteiger partial charge in [0.1, 0.15) is 11.1 Å². The predicted molar refractivity (Wildman–Crippen MR) is 83.1 cm³/mol. The van der Waals surface area contributed by atoms with Crippen molar-refractivity contribution in [2.24, 2.45) is 0 Å². The van der Waals surface area contributed by atoms with Gasteiger partial charge in [-0.3, -0.25) is 0 Å². The molecule has 0 bridgehead atoms. The number of aromatic nitrogens is 4. The van der Waals surface area contributed by atoms with E-state index < -0.39 is 0 Å². The van der Waals surface area contributed by atoms with Crippen LogP contribution in [0.25, 0.3) is 11.4 Å². The van der Waals surface area contributed by atoms with Crippen molar-refractivity contribution in [1.29, 1.82) is 0 Å². The largest absolute Gasteiger partial charge is 0.374 e. The average Bonchev–Trinajstić information content (AvgIpc) is 3.16. The Hall–Kier alpha value is -2.32. The van der Waals surface area contributed by atoms with E-state index in [1.54, 1.807) is 14.0 Å². The summed E-state index contributed by atoms with van der Waals surface area (Å²) in [6.45, 7) is 3.70. The number of methoxy groups -OCH3 is 1. The van der Waals surface area contributed by atoms with Gasteiger partial charge in [0.2, 0.25) is 16.8 Å². The maximum absolute atomic E-state index is 5.23. The summed E-state index contributed by atoms with van der Waals surface area (Å²) in [7, 11) is 1.65. The van der Waals surface area contributed by atoms with Crippen LogP contribution < -0.4 is 5.32 Å². The third kappa shape index (κ3) is 3.12. The Morgan fingerprint density at radius 2 is 2.18 bits per heavy atom. The van der Waals surface area contributed by atoms with Gasteiger partial charge in [0.05, 0.1) is 0 Å². The van der Waals surface area contributed by atoms with Gasteiger partial charge >= 0.3 is 0 Å². The zero-order valence-corrected chi connectivity index (χ0v) is 13.2. The van der Waals surface area contributed by atoms with E-state index in [1.807, 2.05) is 31.2 Å². The van der Waals surface area contributed by atoms with Crippen LogP contribution in [0.2, 0.25) is 0 Å². The van der Waals surface area contributed by atoms with E-state index in [1.165, 1.54) is 11.3 Å². The van der Waals surface area contributed by atoms with Crippen molar-refractivity contribution in [1.82, 2.24) is 20.3 Å². The first kappa shape index (κ1) is 14.6. The van der Waals surface area contributed by atoms with E-state index in [-0.39, 0.29) is 6.10 Å². The van der Waals surface area contributed by atoms with Crippen molar-refractivity contribution in [3.05, 3.63) is 35.2 Å². The van der Waals surface area contributed by atoms with Gasteiger partial charge in [-0.1, -0.05) is 28.6 Å². The number of anilines is 2. The Bertz CT molecular complexity index is 770. The molecule has 0 saturated carbocycles. The second-order valence-corrected chi connectivity index (χ2v) is 5.68. The number of hydrogen-bond donors (Lipinski definition) is 1. The zero-order valence-electron chi connectivity index (χ0n) is 12.4. The summed E-state index contributed by atoms with van der Waals surface area (Å²) in [5.74, 6) is 1.10. The molecule has 7 nitrogen and oxygen atoms in total. The number of rotatable bonds is 5. The van der Waals surface area contributed by atoms with Gasteiger partial charge in [-0.2, -0.15) is 4.98 Å². The highest BCUT2D eigenvalue weighted by Gasteiger charge is 2.12. The molecule has 0 aliphatic rings. The van der Waals surface area contributed by atoms with Crippen molar-refractivity contribution in [3.63, 3.8) is 0 Å². The third-order valence-electron chi connectivity index (χ3n) is 3.04. The van der Waals surface area contributed by atoms with Crippen LogP contribution in [0, 0.1) is 6.92 Å². The molecule has 22 heavy (non-hydrogen) atoms. The van der Waals surface area contributed by atoms with Crippen LogP contribution in [-0.4, -0.2) is 27.4 Å². The molecule has 2 heterocycles. The van der Waals surface area contributed by atoms with Crippen molar-refractivity contribution in [3.8, 4) is 11.4 Å². The molecule has 0 amide bonds. The number of nitrogens with one attached hydrogen (secondary N) is 1. The predicted octanol–water partition coefficient (Wildman–Crippen LogP) is 3.35. The van der Waals surface area contributed by atoms with Gasteiger partial charge in [0.25, 0.3) is 0 Å². The van der Waals surface area contributed by atoms with Crippen molar-refractivity contribution in [2.45, 2.75) is 20.0 Å². The Morgan fingerprint density at radius 3 is 2.91 bits per heavy atom. The highest BCUT2D eigenvalue weighted by Crippen LogP contribution is 2.27. The molecule has 2 aromatic heterocycles. The Kier molecular flexibility index (Phi) is 4.12. The third-order valence-corrected chi connectivity index (χ3v) is 4.04. The highest BCUT2D eigenvalue weighted by molar-refractivity contribution is 7.15. The zero-order chi connectivity index (χ0) is 15.5. The van der Waals surface area contributed by atoms with Crippen molar-refractivity contribution >= 4 is 22.2 Å². The second kappa shape index (κ2) is 6.20. The molecule has 3 rings (SSSR count). The van der Waals surface area contributed by atoms with Gasteiger partial charge in [0, 0.05) is 25.3 Å². The maximum atomic E-state index is 5.23. The summed E-state index contributed by atoms with van der Waals surface area (Å²) < 4.78 is 10.2. The Balaban J connectivity index is 1.79. The molecule has 3 aromatic rings. The molecule has 0 spiro atoms. The van der Waals surface area contributed by atoms with E-state index in [0.29, 0.717) is 16.8 Å². The van der Waals surface area contributed by atoms with Crippen molar-refractivity contribution < 1.29 is 9.26 Å². The van der Waals surface area contributed by atoms with Gasteiger partial charge in [-0.15, -0.1) is 10.2 Å². The van der Waals surface area contributed by atoms with Crippen LogP contribution in [-0.2, 0) is 4.74 Å². The monoisotopic (exact) mass is 317 g/mol. The van der Waals surface area contributed by atoms with Gasteiger partial charge in [-0.25, -0.2) is 0 Å². The summed E-state index contributed by atoms with van der Waals surface area (Å²) in [5, 5.41) is 16.9. The first-order valence-corrected chi connectivity index (χ1v) is 7.51. The van der Waals surface area contributed by atoms with Gasteiger partial charge in [-0.05, 0) is 19.1 Å². The molecular formula is C14H15N5O2S. The van der Waals surface area contributed by atoms with Crippen molar-refractivity contribution in [2.75, 3.05) is 12.4 Å². The first-order valence-electron chi connectivity index (χ1n) is 6.69. The van der Waals surface area contributed by atoms with Gasteiger partial charge < -0.3 is 14.6 Å². The lowest BCUT2D eigenvalue weighted by atomic mass is 10.2. The Labute approximate surface area is 131 Å². The number of benzene rings is 1. The summed E-state index contributed by atoms with van der Waals surface area (Å²) in [6, 6.07) is 7.72. The molecule has 1 aromatic carbocycles. The molecule has 0 saturated heterocycles. The molecule has 0 radical (unpaired) electrons. The minimum absolute atomic E-state index is 0.0679. The van der Waals surface area contributed by atoms with E-state index in [4.69, 9.17) is 9.26 Å². The molecular weight excluding hydrogens is 302 g/mol. The number of nitrogens with zero attached hydrogens (tertiary/aromatic N) is 4. The maximum Gasteiger partial charge on any atom is 0.223 e. The normalized spacial score (nSPS) is 12.3. The SMILES string of the molecule is COC(C)c1nnc(Nc2cccc(-c3noc(C)n3)c2)s1. The summed E-state index contributed by atoms with van der Waals surface area (Å²) in [6.07, 6.45) is -0.0679. The van der Waals surface area contributed by atoms with E-state index in [0.717, 1.165) is 16.3 Å². The lowest BCUT2D eigenvalue weighted by Crippen LogP contribution is -1.93. The first-order chi connectivity index (χ1) is 10.7. The Morgan fingerprint density at radius 1 is 1.32 bits per heavy atom. The van der Waals surface area contributed by atoms with Crippen LogP contribution in [0.1, 0.15) is 23.9 Å². The van der Waals surface area contributed by atoms with Crippen LogP contribution in [0.3, 0.4) is 0 Å². The van der Waals surface area contributed by atoms with E-state index in [2.05, 4.69) is 25.7 Å². The molecule has 1 atom stereocenters. The summed E-state index contributed by atoms with van der Waals surface area (Å²) >= 11 is 1.46. The summed E-state index contributed by atoms with van der Waals surface area (Å²) in [4.78, 5) is 4.22. The lowest BCUT2D eigenvalue weighted by Gasteiger charge is -2.04. The average molecular weight is 317 g/mol. The van der Waals surface area contributed by atoms with E-state index in [9.17, 15) is 0 Å². The molecule has 8 heteroatoms. The fourth-order valence-electron chi connectivity index (χ4n) is 1.83. The molecule has 1 N–H and O–H groups in total. The topological polar surface area (TPSA) is 86.0 Å². The van der Waals surface area contributed by atoms with Gasteiger partial charge in [0.15, 0.2) is 0 Å². The lowest BCUT2D eigenvalue weighted by molar-refractivity contribution is 0.118. The summed E-state index contributed by atoms with van der Waals surface area (Å²) in [5.41, 5.74) is 1.75. The molecule has 114 valence electrons. The quantitative estimate of drug-likeness (QED) is 0.772. The van der Waals surface area contributed by atoms with E-state index >= 15 is 0 Å². The second-order valence-electron chi connectivity index (χ2n) is 4.67. The fraction of sp³-hybridized carbons (Fsp3) is 0.286. The van der Waals surface area contributed by atoms with Crippen LogP contribution in [0.5, 0.6) is 0 Å².